The first-order valence-corrected chi connectivity index (χ1v) is 13.4. The molecule has 9 rings (SSSR count). The maximum absolute atomic E-state index is 6.20. The summed E-state index contributed by atoms with van der Waals surface area (Å²) in [6.45, 7) is 0. The van der Waals surface area contributed by atoms with Crippen molar-refractivity contribution in [3.05, 3.63) is 129 Å². The van der Waals surface area contributed by atoms with Crippen LogP contribution in [0.25, 0.3) is 10.8 Å². The molecule has 4 aliphatic heterocycles. The van der Waals surface area contributed by atoms with Gasteiger partial charge in [0.05, 0.1) is 0 Å². The summed E-state index contributed by atoms with van der Waals surface area (Å²) in [5.41, 5.74) is 20.0. The molecule has 10 heteroatoms. The van der Waals surface area contributed by atoms with Crippen LogP contribution in [0.1, 0.15) is 39.5 Å². The summed E-state index contributed by atoms with van der Waals surface area (Å²) in [6, 6.07) is 27.2. The van der Waals surface area contributed by atoms with Gasteiger partial charge >= 0.3 is 0 Å². The number of aromatic amines is 1. The number of nitrogens with one attached hydrogen (secondary N) is 1. The number of nitrogens with zero attached hydrogens (tertiary/aromatic N) is 7. The highest BCUT2D eigenvalue weighted by Crippen LogP contribution is 2.34. The number of nitrogens with two attached hydrogens (primary N) is 2. The minimum absolute atomic E-state index is 0.491. The summed E-state index contributed by atoms with van der Waals surface area (Å²) in [5.74, 6) is 2.60. The molecule has 0 spiro atoms. The fraction of sp³-hybridized carbons (Fsp3) is 0.0312. The first-order chi connectivity index (χ1) is 20.6. The Hall–Kier alpha value is -6.03. The minimum Gasteiger partial charge on any atom is -0.399 e. The van der Waals surface area contributed by atoms with E-state index in [0.717, 1.165) is 44.2 Å². The van der Waals surface area contributed by atoms with Crippen LogP contribution in [0.15, 0.2) is 120 Å². The standard InChI is InChI=1S/C32H20N10/c33-15-9-11-21-23(13-15)31-39-27-19-7-3-4-8-20(19)28(36-27)40-32-24-14-16(34)10-12-22(24)30(42-32)38-26-18-6-2-1-5-17(18)25(35-26)37-29(21)41-31/h1-14,27H,33-34H2,(H,35,36,37,38,39,40,41,42). The van der Waals surface area contributed by atoms with Crippen molar-refractivity contribution in [2.24, 2.45) is 34.9 Å². The second-order valence-electron chi connectivity index (χ2n) is 10.4. The number of nitrogen functional groups attached to an aromatic ring is 2. The lowest BCUT2D eigenvalue weighted by Gasteiger charge is -2.06. The average molecular weight is 545 g/mol. The molecule has 5 N–H and O–H groups in total. The number of benzene rings is 4. The Morgan fingerprint density at radius 1 is 0.476 bits per heavy atom. The van der Waals surface area contributed by atoms with Gasteiger partial charge in [0, 0.05) is 55.5 Å². The molecule has 5 aromatic rings. The molecule has 1 atom stereocenters. The summed E-state index contributed by atoms with van der Waals surface area (Å²) in [6.07, 6.45) is -0.548. The van der Waals surface area contributed by atoms with Crippen LogP contribution in [0, 0.1) is 0 Å². The van der Waals surface area contributed by atoms with Gasteiger partial charge in [-0.3, -0.25) is 0 Å². The maximum Gasteiger partial charge on any atom is 0.170 e. The lowest BCUT2D eigenvalue weighted by molar-refractivity contribution is 0.796. The van der Waals surface area contributed by atoms with Crippen molar-refractivity contribution in [1.29, 1.82) is 0 Å². The van der Waals surface area contributed by atoms with Crippen molar-refractivity contribution >= 4 is 51.3 Å². The second-order valence-corrected chi connectivity index (χ2v) is 10.4. The predicted octanol–water partition coefficient (Wildman–Crippen LogP) is 3.46. The van der Waals surface area contributed by atoms with Crippen LogP contribution < -0.4 is 22.4 Å². The third-order valence-corrected chi connectivity index (χ3v) is 7.76. The van der Waals surface area contributed by atoms with E-state index in [1.807, 2.05) is 84.9 Å². The number of fused-ring (bicyclic) bond motifs is 17. The highest BCUT2D eigenvalue weighted by Gasteiger charge is 2.30. The van der Waals surface area contributed by atoms with Gasteiger partial charge in [0.2, 0.25) is 0 Å². The Morgan fingerprint density at radius 2 is 0.976 bits per heavy atom. The Morgan fingerprint density at radius 3 is 1.62 bits per heavy atom. The number of aromatic nitrogens is 1. The molecule has 5 heterocycles. The number of hydrogen-bond acceptors (Lipinski definition) is 9. The van der Waals surface area contributed by atoms with Crippen LogP contribution in [0.2, 0.25) is 0 Å². The zero-order chi connectivity index (χ0) is 27.9. The summed E-state index contributed by atoms with van der Waals surface area (Å²) >= 11 is 0. The van der Waals surface area contributed by atoms with Crippen LogP contribution in [0.4, 0.5) is 11.4 Å². The monoisotopic (exact) mass is 544 g/mol. The smallest absolute Gasteiger partial charge is 0.170 e. The van der Waals surface area contributed by atoms with E-state index in [-0.39, 0.29) is 0 Å². The van der Waals surface area contributed by atoms with E-state index in [2.05, 4.69) is 4.98 Å². The Kier molecular flexibility index (Phi) is 4.47. The van der Waals surface area contributed by atoms with E-state index in [1.165, 1.54) is 0 Å². The SMILES string of the molecule is Nc1ccc2c(c1)C1=NC3=NC(/N=C4\N=C(N=c5[nH]c(c6ccccc56)=NC2=N1)c1ccc(N)cc14)c1ccccc13. The molecule has 0 saturated carbocycles. The minimum atomic E-state index is -0.548. The first-order valence-electron chi connectivity index (χ1n) is 13.4. The molecule has 1 aromatic heterocycles. The van der Waals surface area contributed by atoms with Gasteiger partial charge in [-0.05, 0) is 36.4 Å². The number of anilines is 2. The average Bonchev–Trinajstić information content (AvgIpc) is 3.72. The van der Waals surface area contributed by atoms with Gasteiger partial charge in [0.25, 0.3) is 0 Å². The molecule has 8 bridgehead atoms. The summed E-state index contributed by atoms with van der Waals surface area (Å²) in [4.78, 5) is 38.1. The topological polar surface area (TPSA) is 154 Å². The lowest BCUT2D eigenvalue weighted by atomic mass is 10.1. The molecule has 1 unspecified atom stereocenters. The molecule has 0 amide bonds. The molecule has 42 heavy (non-hydrogen) atoms. The summed E-state index contributed by atoms with van der Waals surface area (Å²) < 4.78 is 0. The van der Waals surface area contributed by atoms with Gasteiger partial charge in [-0.15, -0.1) is 0 Å². The first kappa shape index (κ1) is 22.8. The number of hydrogen-bond donors (Lipinski definition) is 3. The molecular weight excluding hydrogens is 524 g/mol. The van der Waals surface area contributed by atoms with Crippen LogP contribution in [0.5, 0.6) is 0 Å². The number of H-pyrrole nitrogens is 1. The van der Waals surface area contributed by atoms with Crippen molar-refractivity contribution in [1.82, 2.24) is 4.98 Å². The molecule has 198 valence electrons. The van der Waals surface area contributed by atoms with Crippen LogP contribution in [-0.2, 0) is 0 Å². The van der Waals surface area contributed by atoms with Gasteiger partial charge in [0.1, 0.15) is 11.0 Å². The van der Waals surface area contributed by atoms with Gasteiger partial charge in [-0.2, -0.15) is 0 Å². The molecule has 0 fully saturated rings. The van der Waals surface area contributed by atoms with Crippen molar-refractivity contribution in [2.45, 2.75) is 6.17 Å². The molecule has 0 aliphatic carbocycles. The highest BCUT2D eigenvalue weighted by molar-refractivity contribution is 6.26. The molecule has 4 aliphatic rings. The van der Waals surface area contributed by atoms with Gasteiger partial charge in [-0.1, -0.05) is 48.5 Å². The largest absolute Gasteiger partial charge is 0.399 e. The Labute approximate surface area is 238 Å². The third-order valence-electron chi connectivity index (χ3n) is 7.76. The molecule has 4 aromatic carbocycles. The van der Waals surface area contributed by atoms with E-state index in [0.29, 0.717) is 51.5 Å². The summed E-state index contributed by atoms with van der Waals surface area (Å²) in [5, 5.41) is 1.82. The summed E-state index contributed by atoms with van der Waals surface area (Å²) in [7, 11) is 0. The van der Waals surface area contributed by atoms with Crippen molar-refractivity contribution in [3.63, 3.8) is 0 Å². The van der Waals surface area contributed by atoms with E-state index in [9.17, 15) is 0 Å². The second kappa shape index (κ2) is 8.24. The van der Waals surface area contributed by atoms with Crippen LogP contribution >= 0.6 is 0 Å². The van der Waals surface area contributed by atoms with E-state index >= 15 is 0 Å². The molecule has 0 saturated heterocycles. The highest BCUT2D eigenvalue weighted by atomic mass is 15.2. The molecule has 10 nitrogen and oxygen atoms in total. The lowest BCUT2D eigenvalue weighted by Crippen LogP contribution is -2.15. The third kappa shape index (κ3) is 3.29. The number of rotatable bonds is 0. The predicted molar refractivity (Wildman–Crippen MR) is 164 cm³/mol. The van der Waals surface area contributed by atoms with Crippen molar-refractivity contribution in [2.75, 3.05) is 11.5 Å². The van der Waals surface area contributed by atoms with Gasteiger partial charge < -0.3 is 16.5 Å². The van der Waals surface area contributed by atoms with E-state index in [4.69, 9.17) is 46.4 Å². The zero-order valence-corrected chi connectivity index (χ0v) is 21.9. The van der Waals surface area contributed by atoms with E-state index in [1.54, 1.807) is 0 Å². The quantitative estimate of drug-likeness (QED) is 0.256. The van der Waals surface area contributed by atoms with Crippen LogP contribution in [0.3, 0.4) is 0 Å². The van der Waals surface area contributed by atoms with Crippen molar-refractivity contribution in [3.8, 4) is 0 Å². The normalized spacial score (nSPS) is 18.9. The van der Waals surface area contributed by atoms with Gasteiger partial charge in [0.15, 0.2) is 35.3 Å². The maximum atomic E-state index is 6.20. The number of aliphatic imine (C=N–C) groups is 5. The van der Waals surface area contributed by atoms with Crippen molar-refractivity contribution < 1.29 is 0 Å². The van der Waals surface area contributed by atoms with E-state index < -0.39 is 6.17 Å². The molecule has 0 radical (unpaired) electrons. The van der Waals surface area contributed by atoms with Gasteiger partial charge in [-0.25, -0.2) is 34.9 Å². The Balaban J connectivity index is 1.40. The Bertz CT molecular complexity index is 2330. The van der Waals surface area contributed by atoms with Crippen LogP contribution in [-0.4, -0.2) is 34.2 Å². The fourth-order valence-corrected chi connectivity index (χ4v) is 5.79. The zero-order valence-electron chi connectivity index (χ0n) is 21.9. The molecular formula is C32H20N10. The fourth-order valence-electron chi connectivity index (χ4n) is 5.79. The number of amidine groups is 5.